The maximum absolute atomic E-state index is 14.2. The fourth-order valence-electron chi connectivity index (χ4n) is 2.98. The topological polar surface area (TPSA) is 42.7 Å². The first kappa shape index (κ1) is 15.4. The molecular weight excluding hydrogens is 303 g/mol. The van der Waals surface area contributed by atoms with Crippen LogP contribution in [0.4, 0.5) is 4.39 Å². The second-order valence-electron chi connectivity index (χ2n) is 5.63. The van der Waals surface area contributed by atoms with Gasteiger partial charge in [0.2, 0.25) is 0 Å². The zero-order chi connectivity index (χ0) is 15.5. The molecule has 0 aliphatic carbocycles. The molecule has 2 aromatic rings. The van der Waals surface area contributed by atoms with Gasteiger partial charge >= 0.3 is 0 Å². The maximum Gasteiger partial charge on any atom is 0.147 e. The minimum atomic E-state index is -0.341. The third-order valence-corrected chi connectivity index (χ3v) is 4.50. The molecule has 6 heteroatoms. The number of benzene rings is 1. The molecule has 22 heavy (non-hydrogen) atoms. The number of aromatic nitrogens is 3. The summed E-state index contributed by atoms with van der Waals surface area (Å²) in [5.41, 5.74) is 0.605. The largest absolute Gasteiger partial charge is 0.314 e. The Morgan fingerprint density at radius 1 is 1.36 bits per heavy atom. The Morgan fingerprint density at radius 3 is 3.05 bits per heavy atom. The lowest BCUT2D eigenvalue weighted by molar-refractivity contribution is 0.456. The number of nitrogens with zero attached hydrogens (tertiary/aromatic N) is 3. The van der Waals surface area contributed by atoms with Crippen LogP contribution in [0.5, 0.6) is 0 Å². The van der Waals surface area contributed by atoms with Crippen molar-refractivity contribution < 1.29 is 4.39 Å². The van der Waals surface area contributed by atoms with Crippen LogP contribution in [0.25, 0.3) is 0 Å². The van der Waals surface area contributed by atoms with E-state index in [1.54, 1.807) is 18.2 Å². The van der Waals surface area contributed by atoms with Gasteiger partial charge in [-0.3, -0.25) is 0 Å². The highest BCUT2D eigenvalue weighted by Gasteiger charge is 2.19. The van der Waals surface area contributed by atoms with E-state index in [4.69, 9.17) is 11.6 Å². The molecule has 1 atom stereocenters. The summed E-state index contributed by atoms with van der Waals surface area (Å²) in [5.74, 6) is 1.65. The highest BCUT2D eigenvalue weighted by molar-refractivity contribution is 6.30. The van der Waals surface area contributed by atoms with Gasteiger partial charge in [-0.05, 0) is 25.3 Å². The van der Waals surface area contributed by atoms with E-state index in [0.29, 0.717) is 12.1 Å². The lowest BCUT2D eigenvalue weighted by Gasteiger charge is -2.20. The maximum atomic E-state index is 14.2. The second-order valence-corrected chi connectivity index (χ2v) is 6.03. The predicted molar refractivity (Wildman–Crippen MR) is 84.2 cm³/mol. The van der Waals surface area contributed by atoms with Gasteiger partial charge in [0.05, 0.1) is 11.6 Å². The lowest BCUT2D eigenvalue weighted by Crippen LogP contribution is -2.24. The minimum Gasteiger partial charge on any atom is -0.314 e. The van der Waals surface area contributed by atoms with Gasteiger partial charge in [-0.1, -0.05) is 30.7 Å². The molecule has 0 bridgehead atoms. The molecule has 0 amide bonds. The average Bonchev–Trinajstić information content (AvgIpc) is 2.95. The summed E-state index contributed by atoms with van der Waals surface area (Å²) in [4.78, 5) is 0. The molecule has 1 unspecified atom stereocenters. The van der Waals surface area contributed by atoms with Crippen molar-refractivity contribution in [2.75, 3.05) is 0 Å². The molecule has 118 valence electrons. The van der Waals surface area contributed by atoms with Gasteiger partial charge in [0, 0.05) is 24.6 Å². The van der Waals surface area contributed by atoms with Crippen molar-refractivity contribution in [1.29, 1.82) is 0 Å². The van der Waals surface area contributed by atoms with Crippen LogP contribution >= 0.6 is 11.6 Å². The van der Waals surface area contributed by atoms with Crippen molar-refractivity contribution in [3.63, 3.8) is 0 Å². The predicted octanol–water partition coefficient (Wildman–Crippen LogP) is 3.65. The average molecular weight is 323 g/mol. The van der Waals surface area contributed by atoms with Gasteiger partial charge in [-0.25, -0.2) is 4.39 Å². The molecule has 0 spiro atoms. The monoisotopic (exact) mass is 322 g/mol. The van der Waals surface area contributed by atoms with E-state index < -0.39 is 0 Å². The standard InChI is InChI=1S/C16H20ClFN4/c1-2-13(11-6-5-7-12(17)16(11)18)19-10-15-21-20-14-8-3-4-9-22(14)15/h5-7,13,19H,2-4,8-10H2,1H3. The molecule has 0 saturated heterocycles. The van der Waals surface area contributed by atoms with E-state index in [0.717, 1.165) is 37.5 Å². The first-order chi connectivity index (χ1) is 10.7. The van der Waals surface area contributed by atoms with Crippen LogP contribution in [0.3, 0.4) is 0 Å². The first-order valence-corrected chi connectivity index (χ1v) is 8.16. The molecule has 4 nitrogen and oxygen atoms in total. The number of aryl methyl sites for hydroxylation is 1. The first-order valence-electron chi connectivity index (χ1n) is 7.79. The van der Waals surface area contributed by atoms with Crippen LogP contribution in [0.2, 0.25) is 5.02 Å². The summed E-state index contributed by atoms with van der Waals surface area (Å²) in [7, 11) is 0. The van der Waals surface area contributed by atoms with Gasteiger partial charge in [-0.2, -0.15) is 0 Å². The smallest absolute Gasteiger partial charge is 0.147 e. The molecule has 0 fully saturated rings. The molecule has 3 rings (SSSR count). The van der Waals surface area contributed by atoms with Crippen molar-refractivity contribution in [1.82, 2.24) is 20.1 Å². The molecule has 1 N–H and O–H groups in total. The number of nitrogens with one attached hydrogen (secondary N) is 1. The normalized spacial score (nSPS) is 15.6. The van der Waals surface area contributed by atoms with Crippen LogP contribution in [0.15, 0.2) is 18.2 Å². The van der Waals surface area contributed by atoms with Crippen LogP contribution in [-0.4, -0.2) is 14.8 Å². The number of fused-ring (bicyclic) bond motifs is 1. The Hall–Kier alpha value is -1.46. The number of hydrogen-bond donors (Lipinski definition) is 1. The number of hydrogen-bond acceptors (Lipinski definition) is 3. The van der Waals surface area contributed by atoms with E-state index in [2.05, 4.69) is 20.1 Å². The summed E-state index contributed by atoms with van der Waals surface area (Å²) in [6, 6.07) is 5.04. The van der Waals surface area contributed by atoms with Crippen LogP contribution in [0, 0.1) is 5.82 Å². The Labute approximate surface area is 134 Å². The summed E-state index contributed by atoms with van der Waals surface area (Å²) in [5, 5.41) is 12.1. The van der Waals surface area contributed by atoms with Gasteiger partial charge in [0.25, 0.3) is 0 Å². The second kappa shape index (κ2) is 6.75. The van der Waals surface area contributed by atoms with Crippen LogP contribution in [-0.2, 0) is 19.5 Å². The fourth-order valence-corrected chi connectivity index (χ4v) is 3.16. The van der Waals surface area contributed by atoms with E-state index >= 15 is 0 Å². The molecule has 0 saturated carbocycles. The summed E-state index contributed by atoms with van der Waals surface area (Å²) >= 11 is 5.88. The van der Waals surface area contributed by atoms with Crippen LogP contribution in [0.1, 0.15) is 49.4 Å². The fraction of sp³-hybridized carbons (Fsp3) is 0.500. The van der Waals surface area contributed by atoms with Gasteiger partial charge in [0.15, 0.2) is 0 Å². The van der Waals surface area contributed by atoms with Crippen molar-refractivity contribution in [3.8, 4) is 0 Å². The Kier molecular flexibility index (Phi) is 4.74. The van der Waals surface area contributed by atoms with Crippen LogP contribution < -0.4 is 5.32 Å². The third kappa shape index (κ3) is 3.01. The zero-order valence-electron chi connectivity index (χ0n) is 12.6. The number of rotatable bonds is 5. The van der Waals surface area contributed by atoms with Gasteiger partial charge in [0.1, 0.15) is 17.5 Å². The van der Waals surface area contributed by atoms with E-state index in [1.165, 1.54) is 6.42 Å². The molecule has 1 aromatic heterocycles. The molecule has 1 aliphatic heterocycles. The quantitative estimate of drug-likeness (QED) is 0.913. The lowest BCUT2D eigenvalue weighted by atomic mass is 10.0. The van der Waals surface area contributed by atoms with E-state index in [-0.39, 0.29) is 16.9 Å². The van der Waals surface area contributed by atoms with Gasteiger partial charge in [-0.15, -0.1) is 10.2 Å². The van der Waals surface area contributed by atoms with Crippen molar-refractivity contribution in [3.05, 3.63) is 46.3 Å². The Balaban J connectivity index is 1.74. The highest BCUT2D eigenvalue weighted by Crippen LogP contribution is 2.25. The van der Waals surface area contributed by atoms with E-state index in [1.807, 2.05) is 6.92 Å². The summed E-state index contributed by atoms with van der Waals surface area (Å²) in [6.45, 7) is 3.58. The third-order valence-electron chi connectivity index (χ3n) is 4.21. The summed E-state index contributed by atoms with van der Waals surface area (Å²) in [6.07, 6.45) is 4.11. The highest BCUT2D eigenvalue weighted by atomic mass is 35.5. The van der Waals surface area contributed by atoms with Crippen molar-refractivity contribution in [2.24, 2.45) is 0 Å². The molecule has 2 heterocycles. The Morgan fingerprint density at radius 2 is 2.23 bits per heavy atom. The SMILES string of the molecule is CCC(NCc1nnc2n1CCCC2)c1cccc(Cl)c1F. The summed E-state index contributed by atoms with van der Waals surface area (Å²) < 4.78 is 16.4. The molecular formula is C16H20ClFN4. The van der Waals surface area contributed by atoms with Crippen molar-refractivity contribution in [2.45, 2.75) is 51.7 Å². The van der Waals surface area contributed by atoms with Crippen molar-refractivity contribution >= 4 is 11.6 Å². The van der Waals surface area contributed by atoms with Gasteiger partial charge < -0.3 is 9.88 Å². The molecule has 1 aromatic carbocycles. The molecule has 1 aliphatic rings. The molecule has 0 radical (unpaired) electrons. The minimum absolute atomic E-state index is 0.0877. The zero-order valence-corrected chi connectivity index (χ0v) is 13.4. The Bertz CT molecular complexity index is 656. The number of halogens is 2. The van der Waals surface area contributed by atoms with E-state index in [9.17, 15) is 4.39 Å².